The highest BCUT2D eigenvalue weighted by molar-refractivity contribution is 6.14. The summed E-state index contributed by atoms with van der Waals surface area (Å²) in [5.41, 5.74) is 6.43. The van der Waals surface area contributed by atoms with Crippen molar-refractivity contribution in [1.82, 2.24) is 4.90 Å². The Morgan fingerprint density at radius 3 is 2.50 bits per heavy atom. The van der Waals surface area contributed by atoms with E-state index >= 15 is 0 Å². The van der Waals surface area contributed by atoms with Crippen molar-refractivity contribution in [1.29, 1.82) is 0 Å². The van der Waals surface area contributed by atoms with Gasteiger partial charge in [-0.1, -0.05) is 12.1 Å². The van der Waals surface area contributed by atoms with Crippen molar-refractivity contribution in [3.63, 3.8) is 0 Å². The van der Waals surface area contributed by atoms with Gasteiger partial charge in [-0.2, -0.15) is 0 Å². The van der Waals surface area contributed by atoms with Gasteiger partial charge in [-0.05, 0) is 25.0 Å². The number of primary amides is 1. The van der Waals surface area contributed by atoms with Crippen LogP contribution in [0.1, 0.15) is 35.2 Å². The highest BCUT2D eigenvalue weighted by Crippen LogP contribution is 2.21. The average Bonchev–Trinajstić information content (AvgIpc) is 2.46. The maximum Gasteiger partial charge on any atom is 0.269 e. The van der Waals surface area contributed by atoms with E-state index in [2.05, 4.69) is 5.32 Å². The fourth-order valence-corrected chi connectivity index (χ4v) is 2.03. The van der Waals surface area contributed by atoms with Crippen LogP contribution >= 0.6 is 0 Å². The minimum absolute atomic E-state index is 0.0265. The first-order valence-electron chi connectivity index (χ1n) is 6.79. The molecule has 0 aromatic heterocycles. The first-order valence-corrected chi connectivity index (χ1v) is 6.79. The van der Waals surface area contributed by atoms with E-state index in [0.717, 1.165) is 0 Å². The minimum atomic E-state index is -0.693. The predicted molar refractivity (Wildman–Crippen MR) is 81.0 cm³/mol. The first kappa shape index (κ1) is 17.4. The van der Waals surface area contributed by atoms with E-state index in [1.165, 1.54) is 0 Å². The Labute approximate surface area is 128 Å². The van der Waals surface area contributed by atoms with Crippen LogP contribution in [-0.2, 0) is 14.4 Å². The van der Waals surface area contributed by atoms with E-state index in [1.54, 1.807) is 32.2 Å². The molecule has 3 N–H and O–H groups in total. The monoisotopic (exact) mass is 305 g/mol. The lowest BCUT2D eigenvalue weighted by atomic mass is 10.0. The molecule has 0 atom stereocenters. The molecular formula is C15H19N3O4. The Morgan fingerprint density at radius 2 is 1.95 bits per heavy atom. The van der Waals surface area contributed by atoms with Gasteiger partial charge >= 0.3 is 0 Å². The van der Waals surface area contributed by atoms with E-state index in [0.29, 0.717) is 16.2 Å². The quantitative estimate of drug-likeness (QED) is 0.725. The van der Waals surface area contributed by atoms with Crippen LogP contribution in [0.3, 0.4) is 0 Å². The number of nitrogens with two attached hydrogens (primary N) is 1. The van der Waals surface area contributed by atoms with E-state index in [4.69, 9.17) is 5.73 Å². The predicted octanol–water partition coefficient (Wildman–Crippen LogP) is 0.818. The van der Waals surface area contributed by atoms with Crippen molar-refractivity contribution < 1.29 is 19.2 Å². The molecule has 0 radical (unpaired) electrons. The number of carbonyl (C=O) groups is 4. The highest BCUT2D eigenvalue weighted by Gasteiger charge is 2.25. The zero-order valence-electron chi connectivity index (χ0n) is 12.6. The van der Waals surface area contributed by atoms with Crippen molar-refractivity contribution in [2.24, 2.45) is 5.73 Å². The van der Waals surface area contributed by atoms with E-state index < -0.39 is 17.7 Å². The molecule has 0 spiro atoms. The molecule has 4 amide bonds. The van der Waals surface area contributed by atoms with Crippen molar-refractivity contribution in [2.45, 2.75) is 26.2 Å². The summed E-state index contributed by atoms with van der Waals surface area (Å²) in [7, 11) is 1.64. The number of nitrogens with one attached hydrogen (secondary N) is 1. The topological polar surface area (TPSA) is 110 Å². The van der Waals surface area contributed by atoms with Gasteiger partial charge in [0.25, 0.3) is 5.91 Å². The van der Waals surface area contributed by atoms with Gasteiger partial charge in [0.2, 0.25) is 18.2 Å². The molecule has 0 heterocycles. The van der Waals surface area contributed by atoms with Crippen LogP contribution in [-0.4, -0.2) is 36.1 Å². The molecular weight excluding hydrogens is 286 g/mol. The van der Waals surface area contributed by atoms with Crippen molar-refractivity contribution in [3.8, 4) is 0 Å². The number of aryl methyl sites for hydroxylation is 1. The summed E-state index contributed by atoms with van der Waals surface area (Å²) < 4.78 is 0. The SMILES string of the molecule is CNc1cccc(C)c1C(=O)N(C=O)C(=O)CCCC(N)=O. The molecule has 0 aliphatic rings. The van der Waals surface area contributed by atoms with Crippen LogP contribution in [0.5, 0.6) is 0 Å². The van der Waals surface area contributed by atoms with Gasteiger partial charge in [0.05, 0.1) is 5.56 Å². The fourth-order valence-electron chi connectivity index (χ4n) is 2.03. The largest absolute Gasteiger partial charge is 0.387 e. The summed E-state index contributed by atoms with van der Waals surface area (Å²) in [5.74, 6) is -1.89. The normalized spacial score (nSPS) is 9.91. The number of benzene rings is 1. The zero-order valence-corrected chi connectivity index (χ0v) is 12.6. The van der Waals surface area contributed by atoms with E-state index in [1.807, 2.05) is 0 Å². The number of amides is 4. The molecule has 1 aromatic carbocycles. The summed E-state index contributed by atoms with van der Waals surface area (Å²) >= 11 is 0. The van der Waals surface area contributed by atoms with Gasteiger partial charge in [-0.3, -0.25) is 19.2 Å². The molecule has 0 aliphatic carbocycles. The van der Waals surface area contributed by atoms with Crippen LogP contribution in [0, 0.1) is 6.92 Å². The van der Waals surface area contributed by atoms with Crippen LogP contribution in [0.25, 0.3) is 0 Å². The van der Waals surface area contributed by atoms with Gasteiger partial charge < -0.3 is 11.1 Å². The van der Waals surface area contributed by atoms with Crippen molar-refractivity contribution in [2.75, 3.05) is 12.4 Å². The Kier molecular flexibility index (Phi) is 6.25. The lowest BCUT2D eigenvalue weighted by molar-refractivity contribution is -0.134. The van der Waals surface area contributed by atoms with Crippen molar-refractivity contribution in [3.05, 3.63) is 29.3 Å². The number of hydrogen-bond acceptors (Lipinski definition) is 5. The molecule has 0 saturated heterocycles. The summed E-state index contributed by atoms with van der Waals surface area (Å²) in [5, 5.41) is 2.86. The maximum atomic E-state index is 12.5. The Morgan fingerprint density at radius 1 is 1.27 bits per heavy atom. The standard InChI is InChI=1S/C15H19N3O4/c1-10-5-3-6-11(17-2)14(10)15(22)18(9-19)13(21)8-4-7-12(16)20/h3,5-6,9,17H,4,7-8H2,1-2H3,(H2,16,20). The average molecular weight is 305 g/mol. The van der Waals surface area contributed by atoms with Crippen LogP contribution in [0.15, 0.2) is 18.2 Å². The van der Waals surface area contributed by atoms with Crippen LogP contribution in [0.2, 0.25) is 0 Å². The van der Waals surface area contributed by atoms with Gasteiger partial charge in [-0.25, -0.2) is 4.90 Å². The summed E-state index contributed by atoms with van der Waals surface area (Å²) in [4.78, 5) is 46.8. The highest BCUT2D eigenvalue weighted by atomic mass is 16.2. The Bertz CT molecular complexity index is 598. The number of imide groups is 3. The van der Waals surface area contributed by atoms with Crippen molar-refractivity contribution >= 4 is 29.8 Å². The van der Waals surface area contributed by atoms with E-state index in [9.17, 15) is 19.2 Å². The molecule has 7 heteroatoms. The molecule has 7 nitrogen and oxygen atoms in total. The molecule has 0 saturated carbocycles. The second-order valence-electron chi connectivity index (χ2n) is 4.74. The summed E-state index contributed by atoms with van der Waals surface area (Å²) in [6.07, 6.45) is 0.312. The first-order chi connectivity index (χ1) is 10.4. The number of nitrogens with zero attached hydrogens (tertiary/aromatic N) is 1. The van der Waals surface area contributed by atoms with Gasteiger partial charge in [-0.15, -0.1) is 0 Å². The molecule has 0 unspecified atom stereocenters. The number of carbonyl (C=O) groups excluding carboxylic acids is 4. The smallest absolute Gasteiger partial charge is 0.269 e. The third-order valence-electron chi connectivity index (χ3n) is 3.16. The second-order valence-corrected chi connectivity index (χ2v) is 4.74. The van der Waals surface area contributed by atoms with Gasteiger partial charge in [0.15, 0.2) is 0 Å². The zero-order chi connectivity index (χ0) is 16.7. The fraction of sp³-hybridized carbons (Fsp3) is 0.333. The molecule has 0 bridgehead atoms. The van der Waals surface area contributed by atoms with Gasteiger partial charge in [0.1, 0.15) is 0 Å². The molecule has 0 fully saturated rings. The summed E-state index contributed by atoms with van der Waals surface area (Å²) in [6, 6.07) is 5.16. The molecule has 22 heavy (non-hydrogen) atoms. The lowest BCUT2D eigenvalue weighted by Gasteiger charge is -2.17. The second kappa shape index (κ2) is 7.92. The number of anilines is 1. The molecule has 1 rings (SSSR count). The number of hydrogen-bond donors (Lipinski definition) is 2. The molecule has 0 aliphatic heterocycles. The minimum Gasteiger partial charge on any atom is -0.387 e. The number of rotatable bonds is 7. The third kappa shape index (κ3) is 4.15. The Hall–Kier alpha value is -2.70. The third-order valence-corrected chi connectivity index (χ3v) is 3.16. The van der Waals surface area contributed by atoms with Crippen LogP contribution in [0.4, 0.5) is 5.69 Å². The maximum absolute atomic E-state index is 12.5. The molecule has 1 aromatic rings. The Balaban J connectivity index is 2.96. The van der Waals surface area contributed by atoms with Crippen LogP contribution < -0.4 is 11.1 Å². The lowest BCUT2D eigenvalue weighted by Crippen LogP contribution is -2.36. The van der Waals surface area contributed by atoms with E-state index in [-0.39, 0.29) is 31.2 Å². The molecule has 118 valence electrons. The summed E-state index contributed by atoms with van der Waals surface area (Å²) in [6.45, 7) is 1.72. The van der Waals surface area contributed by atoms with Gasteiger partial charge in [0, 0.05) is 25.6 Å².